The van der Waals surface area contributed by atoms with Crippen molar-refractivity contribution in [3.63, 3.8) is 0 Å². The van der Waals surface area contributed by atoms with E-state index in [-0.39, 0.29) is 0 Å². The fourth-order valence-electron chi connectivity index (χ4n) is 3.69. The summed E-state index contributed by atoms with van der Waals surface area (Å²) in [6.07, 6.45) is 9.71. The van der Waals surface area contributed by atoms with Crippen LogP contribution in [0.3, 0.4) is 0 Å². The summed E-state index contributed by atoms with van der Waals surface area (Å²) in [5, 5.41) is 0. The molecule has 5 heteroatoms. The molecule has 2 heterocycles. The third-order valence-corrected chi connectivity index (χ3v) is 4.90. The van der Waals surface area contributed by atoms with E-state index in [1.807, 2.05) is 6.92 Å². The molecule has 2 fully saturated rings. The van der Waals surface area contributed by atoms with E-state index in [4.69, 9.17) is 10.5 Å². The summed E-state index contributed by atoms with van der Waals surface area (Å²) < 4.78 is 5.46. The van der Waals surface area contributed by atoms with Crippen LogP contribution in [-0.4, -0.2) is 29.7 Å². The van der Waals surface area contributed by atoms with Gasteiger partial charge in [-0.2, -0.15) is 4.98 Å². The van der Waals surface area contributed by atoms with Crippen LogP contribution in [0.1, 0.15) is 45.4 Å². The van der Waals surface area contributed by atoms with Crippen molar-refractivity contribution in [2.75, 3.05) is 30.3 Å². The summed E-state index contributed by atoms with van der Waals surface area (Å²) in [7, 11) is 0. The average molecular weight is 276 g/mol. The highest BCUT2D eigenvalue weighted by Crippen LogP contribution is 2.47. The lowest BCUT2D eigenvalue weighted by molar-refractivity contribution is 0.226. The zero-order chi connectivity index (χ0) is 14.0. The van der Waals surface area contributed by atoms with Gasteiger partial charge in [-0.05, 0) is 38.0 Å². The second kappa shape index (κ2) is 5.46. The van der Waals surface area contributed by atoms with Gasteiger partial charge in [-0.1, -0.05) is 12.8 Å². The summed E-state index contributed by atoms with van der Waals surface area (Å²) in [5.41, 5.74) is 7.35. The van der Waals surface area contributed by atoms with Crippen LogP contribution in [0.15, 0.2) is 6.33 Å². The number of nitrogen functional groups attached to an aromatic ring is 1. The Bertz CT molecular complexity index is 461. The van der Waals surface area contributed by atoms with Gasteiger partial charge in [-0.3, -0.25) is 0 Å². The van der Waals surface area contributed by atoms with Crippen LogP contribution in [0.4, 0.5) is 11.5 Å². The van der Waals surface area contributed by atoms with Crippen LogP contribution >= 0.6 is 0 Å². The van der Waals surface area contributed by atoms with Gasteiger partial charge in [-0.15, -0.1) is 0 Å². The number of ether oxygens (including phenoxy) is 1. The zero-order valence-corrected chi connectivity index (χ0v) is 12.3. The van der Waals surface area contributed by atoms with E-state index in [0.717, 1.165) is 18.9 Å². The number of nitrogens with two attached hydrogens (primary N) is 1. The van der Waals surface area contributed by atoms with Gasteiger partial charge in [0, 0.05) is 13.1 Å². The number of anilines is 2. The van der Waals surface area contributed by atoms with Gasteiger partial charge < -0.3 is 15.4 Å². The zero-order valence-electron chi connectivity index (χ0n) is 12.3. The van der Waals surface area contributed by atoms with Gasteiger partial charge in [0.2, 0.25) is 5.88 Å². The number of piperidine rings is 1. The molecule has 0 radical (unpaired) electrons. The lowest BCUT2D eigenvalue weighted by atomic mass is 9.77. The van der Waals surface area contributed by atoms with E-state index < -0.39 is 0 Å². The fourth-order valence-corrected chi connectivity index (χ4v) is 3.69. The Morgan fingerprint density at radius 2 is 1.90 bits per heavy atom. The SMILES string of the molecule is CCOc1ncnc(N2CCC3(CCCC3)CC2)c1N. The molecule has 1 aliphatic carbocycles. The molecule has 1 aliphatic heterocycles. The number of hydrogen-bond acceptors (Lipinski definition) is 5. The molecular weight excluding hydrogens is 252 g/mol. The van der Waals surface area contributed by atoms with Crippen molar-refractivity contribution < 1.29 is 4.74 Å². The molecule has 1 saturated heterocycles. The normalized spacial score (nSPS) is 21.4. The molecule has 1 spiro atoms. The average Bonchev–Trinajstić information content (AvgIpc) is 2.91. The van der Waals surface area contributed by atoms with Gasteiger partial charge in [0.1, 0.15) is 12.0 Å². The van der Waals surface area contributed by atoms with Crippen LogP contribution in [0.25, 0.3) is 0 Å². The van der Waals surface area contributed by atoms with Gasteiger partial charge in [0.25, 0.3) is 0 Å². The third-order valence-electron chi connectivity index (χ3n) is 4.90. The molecular formula is C15H24N4O. The molecule has 2 N–H and O–H groups in total. The first-order valence-electron chi connectivity index (χ1n) is 7.72. The molecule has 0 bridgehead atoms. The minimum Gasteiger partial charge on any atom is -0.476 e. The second-order valence-electron chi connectivity index (χ2n) is 6.04. The Hall–Kier alpha value is -1.52. The predicted molar refractivity (Wildman–Crippen MR) is 80.0 cm³/mol. The Balaban J connectivity index is 1.73. The van der Waals surface area contributed by atoms with Crippen molar-refractivity contribution in [1.82, 2.24) is 9.97 Å². The molecule has 0 aromatic carbocycles. The van der Waals surface area contributed by atoms with Gasteiger partial charge in [0.05, 0.1) is 6.61 Å². The highest BCUT2D eigenvalue weighted by atomic mass is 16.5. The summed E-state index contributed by atoms with van der Waals surface area (Å²) in [4.78, 5) is 10.8. The van der Waals surface area contributed by atoms with Crippen LogP contribution in [0.2, 0.25) is 0 Å². The lowest BCUT2D eigenvalue weighted by Gasteiger charge is -2.40. The molecule has 1 saturated carbocycles. The van der Waals surface area contributed by atoms with Gasteiger partial charge in [0.15, 0.2) is 5.82 Å². The van der Waals surface area contributed by atoms with Gasteiger partial charge in [-0.25, -0.2) is 4.98 Å². The fraction of sp³-hybridized carbons (Fsp3) is 0.733. The summed E-state index contributed by atoms with van der Waals surface area (Å²) >= 11 is 0. The molecule has 0 atom stereocenters. The predicted octanol–water partition coefficient (Wildman–Crippen LogP) is 2.62. The topological polar surface area (TPSA) is 64.3 Å². The number of hydrogen-bond donors (Lipinski definition) is 1. The minimum atomic E-state index is 0.513. The van der Waals surface area contributed by atoms with Crippen molar-refractivity contribution in [1.29, 1.82) is 0 Å². The largest absolute Gasteiger partial charge is 0.476 e. The Kier molecular flexibility index (Phi) is 3.68. The van der Waals surface area contributed by atoms with E-state index in [0.29, 0.717) is 23.6 Å². The Morgan fingerprint density at radius 3 is 2.55 bits per heavy atom. The number of aromatic nitrogens is 2. The van der Waals surface area contributed by atoms with E-state index >= 15 is 0 Å². The number of rotatable bonds is 3. The van der Waals surface area contributed by atoms with Crippen molar-refractivity contribution in [3.05, 3.63) is 6.33 Å². The van der Waals surface area contributed by atoms with E-state index in [2.05, 4.69) is 14.9 Å². The molecule has 0 amide bonds. The monoisotopic (exact) mass is 276 g/mol. The van der Waals surface area contributed by atoms with Crippen LogP contribution < -0.4 is 15.4 Å². The molecule has 5 nitrogen and oxygen atoms in total. The molecule has 2 aliphatic rings. The highest BCUT2D eigenvalue weighted by Gasteiger charge is 2.37. The summed E-state index contributed by atoms with van der Waals surface area (Å²) in [5.74, 6) is 1.36. The molecule has 3 rings (SSSR count). The van der Waals surface area contributed by atoms with E-state index in [9.17, 15) is 0 Å². The maximum Gasteiger partial charge on any atom is 0.242 e. The van der Waals surface area contributed by atoms with Crippen molar-refractivity contribution in [3.8, 4) is 5.88 Å². The van der Waals surface area contributed by atoms with Crippen molar-refractivity contribution >= 4 is 11.5 Å². The molecule has 0 unspecified atom stereocenters. The second-order valence-corrected chi connectivity index (χ2v) is 6.04. The maximum absolute atomic E-state index is 6.15. The number of nitrogens with zero attached hydrogens (tertiary/aromatic N) is 3. The first-order chi connectivity index (χ1) is 9.74. The minimum absolute atomic E-state index is 0.513. The first kappa shape index (κ1) is 13.5. The smallest absolute Gasteiger partial charge is 0.242 e. The molecule has 20 heavy (non-hydrogen) atoms. The van der Waals surface area contributed by atoms with Gasteiger partial charge >= 0.3 is 0 Å². The van der Waals surface area contributed by atoms with Crippen molar-refractivity contribution in [2.45, 2.75) is 45.4 Å². The van der Waals surface area contributed by atoms with Crippen LogP contribution in [0, 0.1) is 5.41 Å². The summed E-state index contributed by atoms with van der Waals surface area (Å²) in [6.45, 7) is 4.61. The quantitative estimate of drug-likeness (QED) is 0.919. The third kappa shape index (κ3) is 2.41. The molecule has 1 aromatic rings. The van der Waals surface area contributed by atoms with Crippen molar-refractivity contribution in [2.24, 2.45) is 5.41 Å². The first-order valence-corrected chi connectivity index (χ1v) is 7.72. The maximum atomic E-state index is 6.15. The van der Waals surface area contributed by atoms with E-state index in [1.54, 1.807) is 6.33 Å². The lowest BCUT2D eigenvalue weighted by Crippen LogP contribution is -2.39. The van der Waals surface area contributed by atoms with Crippen LogP contribution in [-0.2, 0) is 0 Å². The standard InChI is InChI=1S/C15H24N4O/c1-2-20-14-12(16)13(17-11-18-14)19-9-7-15(8-10-19)5-3-4-6-15/h11H,2-10,16H2,1H3. The van der Waals surface area contributed by atoms with E-state index in [1.165, 1.54) is 38.5 Å². The Labute approximate surface area is 120 Å². The summed E-state index contributed by atoms with van der Waals surface area (Å²) in [6, 6.07) is 0. The Morgan fingerprint density at radius 1 is 1.20 bits per heavy atom. The highest BCUT2D eigenvalue weighted by molar-refractivity contribution is 5.67. The molecule has 1 aromatic heterocycles. The molecule has 110 valence electrons. The van der Waals surface area contributed by atoms with Crippen LogP contribution in [0.5, 0.6) is 5.88 Å².